The van der Waals surface area contributed by atoms with Gasteiger partial charge in [0, 0.05) is 0 Å². The Morgan fingerprint density at radius 2 is 2.15 bits per heavy atom. The molecule has 0 spiro atoms. The van der Waals surface area contributed by atoms with Gasteiger partial charge in [0.05, 0.1) is 5.88 Å². The van der Waals surface area contributed by atoms with Crippen molar-refractivity contribution >= 4 is 23.5 Å². The van der Waals surface area contributed by atoms with Gasteiger partial charge in [-0.1, -0.05) is 0 Å². The number of nitrogens with two attached hydrogens (primary N) is 1. The highest BCUT2D eigenvalue weighted by atomic mass is 35.5. The zero-order valence-corrected chi connectivity index (χ0v) is 8.68. The molecular formula is C7H14ClN3O2. The van der Waals surface area contributed by atoms with Crippen LogP contribution in [-0.2, 0) is 4.74 Å². The normalized spacial score (nSPS) is 12.5. The number of rotatable bonds is 2. The molecule has 0 bridgehead atoms. The monoisotopic (exact) mass is 207 g/mol. The Hall–Kier alpha value is -0.970. The lowest BCUT2D eigenvalue weighted by atomic mass is 10.2. The molecule has 0 saturated carbocycles. The molecule has 0 aromatic rings. The Morgan fingerprint density at radius 1 is 1.62 bits per heavy atom. The summed E-state index contributed by atoms with van der Waals surface area (Å²) in [7, 11) is 0. The highest BCUT2D eigenvalue weighted by Crippen LogP contribution is 2.06. The highest BCUT2D eigenvalue weighted by Gasteiger charge is 2.15. The maximum Gasteiger partial charge on any atom is 0.428 e. The molecule has 0 aliphatic rings. The van der Waals surface area contributed by atoms with Gasteiger partial charge in [-0.05, 0) is 20.8 Å². The third-order valence-electron chi connectivity index (χ3n) is 0.827. The van der Waals surface area contributed by atoms with E-state index in [1.807, 2.05) is 0 Å². The number of hydrogen-bond acceptors (Lipinski definition) is 3. The summed E-state index contributed by atoms with van der Waals surface area (Å²) in [5.74, 6) is 0.197. The predicted octanol–water partition coefficient (Wildman–Crippen LogP) is 1.02. The summed E-state index contributed by atoms with van der Waals surface area (Å²) in [5, 5.41) is 3.46. The van der Waals surface area contributed by atoms with Gasteiger partial charge in [0.15, 0.2) is 0 Å². The number of amides is 1. The van der Waals surface area contributed by atoms with Crippen LogP contribution >= 0.6 is 11.6 Å². The smallest absolute Gasteiger partial charge is 0.428 e. The van der Waals surface area contributed by atoms with Crippen LogP contribution in [0.2, 0.25) is 0 Å². The summed E-state index contributed by atoms with van der Waals surface area (Å²) in [4.78, 5) is 10.9. The molecular weight excluding hydrogens is 194 g/mol. The third-order valence-corrected chi connectivity index (χ3v) is 1.10. The van der Waals surface area contributed by atoms with E-state index in [1.54, 1.807) is 20.8 Å². The van der Waals surface area contributed by atoms with Crippen LogP contribution in [0.3, 0.4) is 0 Å². The largest absolute Gasteiger partial charge is 0.443 e. The third kappa shape index (κ3) is 7.39. The summed E-state index contributed by atoms with van der Waals surface area (Å²) >= 11 is 5.32. The van der Waals surface area contributed by atoms with Crippen LogP contribution in [0, 0.1) is 0 Å². The molecule has 5 nitrogen and oxygen atoms in total. The second kappa shape index (κ2) is 4.91. The van der Waals surface area contributed by atoms with Gasteiger partial charge in [-0.15, -0.1) is 11.6 Å². The fraction of sp³-hybridized carbons (Fsp3) is 0.714. The van der Waals surface area contributed by atoms with E-state index in [4.69, 9.17) is 22.1 Å². The molecule has 0 aromatic heterocycles. The number of alkyl halides is 1. The number of nitrogens with one attached hydrogen (secondary N) is 1. The van der Waals surface area contributed by atoms with E-state index in [0.717, 1.165) is 0 Å². The van der Waals surface area contributed by atoms with Crippen molar-refractivity contribution in [2.45, 2.75) is 26.4 Å². The van der Waals surface area contributed by atoms with Crippen LogP contribution in [0.15, 0.2) is 5.10 Å². The Morgan fingerprint density at radius 3 is 2.54 bits per heavy atom. The first-order valence-corrected chi connectivity index (χ1v) is 4.25. The molecule has 1 amide bonds. The molecule has 6 heteroatoms. The SMILES string of the molecule is CC(C)(C)OC(=O)N/N=C(\N)CCl. The van der Waals surface area contributed by atoms with E-state index in [-0.39, 0.29) is 11.7 Å². The fourth-order valence-corrected chi connectivity index (χ4v) is 0.508. The van der Waals surface area contributed by atoms with Crippen LogP contribution in [0.5, 0.6) is 0 Å². The number of hydrogen-bond donors (Lipinski definition) is 2. The summed E-state index contributed by atoms with van der Waals surface area (Å²) in [6.45, 7) is 5.25. The maximum absolute atomic E-state index is 10.9. The number of nitrogens with zero attached hydrogens (tertiary/aromatic N) is 1. The topological polar surface area (TPSA) is 76.7 Å². The fourth-order valence-electron chi connectivity index (χ4n) is 0.448. The Kier molecular flexibility index (Phi) is 4.55. The van der Waals surface area contributed by atoms with Crippen molar-refractivity contribution in [1.82, 2.24) is 5.43 Å². The summed E-state index contributed by atoms with van der Waals surface area (Å²) < 4.78 is 4.88. The number of carbonyl (C=O) groups excluding carboxylic acids is 1. The average molecular weight is 208 g/mol. The minimum atomic E-state index is -0.652. The van der Waals surface area contributed by atoms with Gasteiger partial charge in [0.1, 0.15) is 11.4 Å². The Labute approximate surface area is 82.3 Å². The van der Waals surface area contributed by atoms with Crippen LogP contribution < -0.4 is 11.2 Å². The molecule has 0 aliphatic heterocycles. The van der Waals surface area contributed by atoms with Gasteiger partial charge in [0.2, 0.25) is 0 Å². The molecule has 0 aromatic carbocycles. The molecule has 0 radical (unpaired) electrons. The van der Waals surface area contributed by atoms with E-state index in [0.29, 0.717) is 0 Å². The summed E-state index contributed by atoms with van der Waals surface area (Å²) in [6.07, 6.45) is -0.652. The van der Waals surface area contributed by atoms with Crippen molar-refractivity contribution < 1.29 is 9.53 Å². The second-order valence-electron chi connectivity index (χ2n) is 3.35. The van der Waals surface area contributed by atoms with E-state index >= 15 is 0 Å². The van der Waals surface area contributed by atoms with E-state index in [1.165, 1.54) is 0 Å². The van der Waals surface area contributed by atoms with Crippen LogP contribution in [0.4, 0.5) is 4.79 Å². The quantitative estimate of drug-likeness (QED) is 0.307. The van der Waals surface area contributed by atoms with Gasteiger partial charge in [-0.2, -0.15) is 5.10 Å². The molecule has 0 rings (SSSR count). The zero-order valence-electron chi connectivity index (χ0n) is 7.93. The maximum atomic E-state index is 10.9. The first-order valence-electron chi connectivity index (χ1n) is 3.72. The molecule has 76 valence electrons. The molecule has 0 heterocycles. The van der Waals surface area contributed by atoms with Crippen molar-refractivity contribution in [1.29, 1.82) is 0 Å². The predicted molar refractivity (Wildman–Crippen MR) is 51.7 cm³/mol. The van der Waals surface area contributed by atoms with E-state index in [9.17, 15) is 4.79 Å². The summed E-state index contributed by atoms with van der Waals surface area (Å²) in [5.41, 5.74) is 6.79. The summed E-state index contributed by atoms with van der Waals surface area (Å²) in [6, 6.07) is 0. The van der Waals surface area contributed by atoms with Gasteiger partial charge in [0.25, 0.3) is 0 Å². The van der Waals surface area contributed by atoms with Gasteiger partial charge in [-0.3, -0.25) is 0 Å². The van der Waals surface area contributed by atoms with Crippen molar-refractivity contribution in [2.75, 3.05) is 5.88 Å². The van der Waals surface area contributed by atoms with Crippen LogP contribution in [0.25, 0.3) is 0 Å². The number of halogens is 1. The lowest BCUT2D eigenvalue weighted by molar-refractivity contribution is 0.0529. The average Bonchev–Trinajstić information content (AvgIpc) is 1.97. The minimum Gasteiger partial charge on any atom is -0.443 e. The van der Waals surface area contributed by atoms with Crippen LogP contribution in [-0.4, -0.2) is 23.4 Å². The lowest BCUT2D eigenvalue weighted by Crippen LogP contribution is -2.31. The molecule has 3 N–H and O–H groups in total. The lowest BCUT2D eigenvalue weighted by Gasteiger charge is -2.18. The number of hydrazone groups is 1. The van der Waals surface area contributed by atoms with Gasteiger partial charge >= 0.3 is 6.09 Å². The first-order chi connectivity index (χ1) is 5.85. The van der Waals surface area contributed by atoms with Crippen molar-refractivity contribution in [3.8, 4) is 0 Å². The number of carbonyl (C=O) groups is 1. The number of ether oxygens (including phenoxy) is 1. The van der Waals surface area contributed by atoms with Crippen molar-refractivity contribution in [2.24, 2.45) is 10.8 Å². The van der Waals surface area contributed by atoms with E-state index < -0.39 is 11.7 Å². The molecule has 13 heavy (non-hydrogen) atoms. The number of amidine groups is 1. The molecule has 0 saturated heterocycles. The molecule has 0 fully saturated rings. The molecule has 0 atom stereocenters. The second-order valence-corrected chi connectivity index (χ2v) is 3.62. The standard InChI is InChI=1S/C7H14ClN3O2/c1-7(2,3)13-6(12)11-10-5(9)4-8/h4H2,1-3H3,(H2,9,10)(H,11,12). The Balaban J connectivity index is 3.90. The molecule has 0 unspecified atom stereocenters. The van der Waals surface area contributed by atoms with Crippen molar-refractivity contribution in [3.05, 3.63) is 0 Å². The highest BCUT2D eigenvalue weighted by molar-refractivity contribution is 6.27. The van der Waals surface area contributed by atoms with E-state index in [2.05, 4.69) is 10.5 Å². The molecule has 0 aliphatic carbocycles. The van der Waals surface area contributed by atoms with Crippen LogP contribution in [0.1, 0.15) is 20.8 Å². The Bertz CT molecular complexity index is 210. The van der Waals surface area contributed by atoms with Gasteiger partial charge in [-0.25, -0.2) is 10.2 Å². The first kappa shape index (κ1) is 12.0. The minimum absolute atomic E-state index is 0.0653. The van der Waals surface area contributed by atoms with Gasteiger partial charge < -0.3 is 10.5 Å². The van der Waals surface area contributed by atoms with Crippen molar-refractivity contribution in [3.63, 3.8) is 0 Å². The zero-order chi connectivity index (χ0) is 10.5.